The van der Waals surface area contributed by atoms with Crippen LogP contribution in [0.3, 0.4) is 0 Å². The number of hydrogen-bond donors (Lipinski definition) is 1. The second-order valence-corrected chi connectivity index (χ2v) is 5.45. The molecule has 0 amide bonds. The second-order valence-electron chi connectivity index (χ2n) is 5.45. The summed E-state index contributed by atoms with van der Waals surface area (Å²) in [7, 11) is 0. The fourth-order valence-electron chi connectivity index (χ4n) is 2.86. The number of fused-ring (bicyclic) bond motifs is 1. The van der Waals surface area contributed by atoms with Gasteiger partial charge in [0, 0.05) is 5.39 Å². The Morgan fingerprint density at radius 2 is 1.81 bits per heavy atom. The summed E-state index contributed by atoms with van der Waals surface area (Å²) in [6, 6.07) is 17.1. The Hall–Kier alpha value is -2.06. The van der Waals surface area contributed by atoms with Crippen molar-refractivity contribution >= 4 is 11.0 Å². The highest BCUT2D eigenvalue weighted by atomic mass is 16.3. The molecule has 2 heteroatoms. The average molecular weight is 279 g/mol. The number of nitrogens with one attached hydrogen (secondary N) is 1. The minimum absolute atomic E-state index is 0.238. The molecule has 1 N–H and O–H groups in total. The van der Waals surface area contributed by atoms with Gasteiger partial charge in [-0.3, -0.25) is 0 Å². The predicted molar refractivity (Wildman–Crippen MR) is 88.5 cm³/mol. The van der Waals surface area contributed by atoms with Gasteiger partial charge in [-0.15, -0.1) is 0 Å². The van der Waals surface area contributed by atoms with Gasteiger partial charge in [0.2, 0.25) is 0 Å². The minimum Gasteiger partial charge on any atom is -0.459 e. The summed E-state index contributed by atoms with van der Waals surface area (Å²) in [6.07, 6.45) is 0. The highest BCUT2D eigenvalue weighted by molar-refractivity contribution is 5.87. The van der Waals surface area contributed by atoms with E-state index in [0.717, 1.165) is 17.9 Å². The first-order valence-electron chi connectivity index (χ1n) is 7.52. The van der Waals surface area contributed by atoms with Gasteiger partial charge in [0.1, 0.15) is 11.3 Å². The zero-order valence-electron chi connectivity index (χ0n) is 12.8. The van der Waals surface area contributed by atoms with E-state index in [1.807, 2.05) is 6.07 Å². The van der Waals surface area contributed by atoms with Gasteiger partial charge in [-0.1, -0.05) is 43.3 Å². The molecule has 108 valence electrons. The van der Waals surface area contributed by atoms with Crippen LogP contribution >= 0.6 is 0 Å². The SMILES string of the molecule is CCNC(C)c1oc2ccc(-c3ccccc3)cc2c1C. The van der Waals surface area contributed by atoms with E-state index in [0.29, 0.717) is 0 Å². The van der Waals surface area contributed by atoms with Gasteiger partial charge in [-0.2, -0.15) is 0 Å². The zero-order chi connectivity index (χ0) is 14.8. The quantitative estimate of drug-likeness (QED) is 0.720. The molecule has 1 unspecified atom stereocenters. The Kier molecular flexibility index (Phi) is 3.80. The maximum Gasteiger partial charge on any atom is 0.134 e. The molecule has 0 aliphatic carbocycles. The lowest BCUT2D eigenvalue weighted by molar-refractivity contribution is 0.456. The fraction of sp³-hybridized carbons (Fsp3) is 0.263. The Balaban J connectivity index is 2.08. The number of rotatable bonds is 4. The van der Waals surface area contributed by atoms with Crippen LogP contribution in [0.15, 0.2) is 52.9 Å². The van der Waals surface area contributed by atoms with Crippen LogP contribution in [0.2, 0.25) is 0 Å². The molecule has 3 rings (SSSR count). The van der Waals surface area contributed by atoms with Crippen molar-refractivity contribution < 1.29 is 4.42 Å². The average Bonchev–Trinajstić information content (AvgIpc) is 2.85. The molecule has 21 heavy (non-hydrogen) atoms. The van der Waals surface area contributed by atoms with E-state index in [1.165, 1.54) is 22.1 Å². The lowest BCUT2D eigenvalue weighted by atomic mass is 10.0. The zero-order valence-corrected chi connectivity index (χ0v) is 12.8. The van der Waals surface area contributed by atoms with Crippen LogP contribution < -0.4 is 5.32 Å². The third kappa shape index (κ3) is 2.59. The molecule has 0 fully saturated rings. The van der Waals surface area contributed by atoms with E-state index < -0.39 is 0 Å². The molecule has 0 aliphatic rings. The van der Waals surface area contributed by atoms with Gasteiger partial charge < -0.3 is 9.73 Å². The molecule has 1 heterocycles. The third-order valence-electron chi connectivity index (χ3n) is 3.98. The van der Waals surface area contributed by atoms with Crippen molar-refractivity contribution in [1.82, 2.24) is 5.32 Å². The number of benzene rings is 2. The van der Waals surface area contributed by atoms with Gasteiger partial charge in [-0.05, 0) is 49.2 Å². The van der Waals surface area contributed by atoms with Crippen molar-refractivity contribution in [2.45, 2.75) is 26.8 Å². The van der Waals surface area contributed by atoms with Gasteiger partial charge in [0.25, 0.3) is 0 Å². The Labute approximate surface area is 125 Å². The number of hydrogen-bond acceptors (Lipinski definition) is 2. The van der Waals surface area contributed by atoms with E-state index >= 15 is 0 Å². The Morgan fingerprint density at radius 3 is 2.52 bits per heavy atom. The molecule has 0 spiro atoms. The molecule has 1 atom stereocenters. The molecular weight excluding hydrogens is 258 g/mol. The van der Waals surface area contributed by atoms with Crippen LogP contribution in [0.4, 0.5) is 0 Å². The molecule has 0 bridgehead atoms. The summed E-state index contributed by atoms with van der Waals surface area (Å²) in [5, 5.41) is 4.62. The predicted octanol–water partition coefficient (Wildman–Crippen LogP) is 5.08. The van der Waals surface area contributed by atoms with E-state index in [-0.39, 0.29) is 6.04 Å². The molecule has 3 aromatic rings. The maximum absolute atomic E-state index is 6.04. The van der Waals surface area contributed by atoms with E-state index in [9.17, 15) is 0 Å². The number of furan rings is 1. The molecule has 1 aromatic heterocycles. The standard InChI is InChI=1S/C19H21NO/c1-4-20-14(3)19-13(2)17-12-16(10-11-18(17)21-19)15-8-6-5-7-9-15/h5-12,14,20H,4H2,1-3H3. The molecular formula is C19H21NO. The Morgan fingerprint density at radius 1 is 1.05 bits per heavy atom. The van der Waals surface area contributed by atoms with Gasteiger partial charge in [0.05, 0.1) is 6.04 Å². The first kappa shape index (κ1) is 13.9. The summed E-state index contributed by atoms with van der Waals surface area (Å²) >= 11 is 0. The molecule has 0 radical (unpaired) electrons. The lowest BCUT2D eigenvalue weighted by Gasteiger charge is -2.09. The van der Waals surface area contributed by atoms with Crippen molar-refractivity contribution in [2.75, 3.05) is 6.54 Å². The summed E-state index contributed by atoms with van der Waals surface area (Å²) in [5.74, 6) is 1.04. The summed E-state index contributed by atoms with van der Waals surface area (Å²) in [4.78, 5) is 0. The normalized spacial score (nSPS) is 12.7. The van der Waals surface area contributed by atoms with Crippen LogP contribution in [0, 0.1) is 6.92 Å². The molecule has 0 aliphatic heterocycles. The van der Waals surface area contributed by atoms with Gasteiger partial charge in [-0.25, -0.2) is 0 Å². The van der Waals surface area contributed by atoms with Crippen molar-refractivity contribution in [1.29, 1.82) is 0 Å². The fourth-order valence-corrected chi connectivity index (χ4v) is 2.86. The van der Waals surface area contributed by atoms with Crippen LogP contribution in [-0.2, 0) is 0 Å². The topological polar surface area (TPSA) is 25.2 Å². The molecule has 0 saturated carbocycles. The van der Waals surface area contributed by atoms with Gasteiger partial charge in [0.15, 0.2) is 0 Å². The third-order valence-corrected chi connectivity index (χ3v) is 3.98. The van der Waals surface area contributed by atoms with Crippen molar-refractivity contribution in [3.05, 3.63) is 59.9 Å². The van der Waals surface area contributed by atoms with E-state index in [2.05, 4.69) is 68.6 Å². The molecule has 2 aromatic carbocycles. The lowest BCUT2D eigenvalue weighted by Crippen LogP contribution is -2.17. The van der Waals surface area contributed by atoms with Gasteiger partial charge >= 0.3 is 0 Å². The highest BCUT2D eigenvalue weighted by Crippen LogP contribution is 2.32. The van der Waals surface area contributed by atoms with Crippen molar-refractivity contribution in [3.63, 3.8) is 0 Å². The first-order chi connectivity index (χ1) is 10.2. The highest BCUT2D eigenvalue weighted by Gasteiger charge is 2.16. The Bertz CT molecular complexity index is 743. The summed E-state index contributed by atoms with van der Waals surface area (Å²) in [5.41, 5.74) is 4.67. The van der Waals surface area contributed by atoms with Crippen LogP contribution in [0.25, 0.3) is 22.1 Å². The van der Waals surface area contributed by atoms with Crippen LogP contribution in [0.1, 0.15) is 31.2 Å². The smallest absolute Gasteiger partial charge is 0.134 e. The number of aryl methyl sites for hydroxylation is 1. The monoisotopic (exact) mass is 279 g/mol. The van der Waals surface area contributed by atoms with Crippen molar-refractivity contribution in [3.8, 4) is 11.1 Å². The molecule has 2 nitrogen and oxygen atoms in total. The minimum atomic E-state index is 0.238. The van der Waals surface area contributed by atoms with Crippen molar-refractivity contribution in [2.24, 2.45) is 0 Å². The van der Waals surface area contributed by atoms with Crippen LogP contribution in [0.5, 0.6) is 0 Å². The maximum atomic E-state index is 6.04. The second kappa shape index (κ2) is 5.74. The van der Waals surface area contributed by atoms with E-state index in [1.54, 1.807) is 0 Å². The van der Waals surface area contributed by atoms with E-state index in [4.69, 9.17) is 4.42 Å². The molecule has 0 saturated heterocycles. The summed E-state index contributed by atoms with van der Waals surface area (Å²) in [6.45, 7) is 7.34. The summed E-state index contributed by atoms with van der Waals surface area (Å²) < 4.78 is 6.04. The van der Waals surface area contributed by atoms with Crippen LogP contribution in [-0.4, -0.2) is 6.54 Å². The largest absolute Gasteiger partial charge is 0.459 e. The first-order valence-corrected chi connectivity index (χ1v) is 7.52.